The fourth-order valence-electron chi connectivity index (χ4n) is 2.70. The maximum Gasteiger partial charge on any atom is 0.254 e. The fraction of sp³-hybridized carbons (Fsp3) is 0.467. The summed E-state index contributed by atoms with van der Waals surface area (Å²) < 4.78 is 1.95. The Balaban J connectivity index is 1.87. The molecule has 1 saturated heterocycles. The van der Waals surface area contributed by atoms with Gasteiger partial charge in [0.1, 0.15) is 5.65 Å². The second-order valence-electron chi connectivity index (χ2n) is 5.27. The number of pyridine rings is 1. The van der Waals surface area contributed by atoms with Gasteiger partial charge in [0, 0.05) is 31.0 Å². The van der Waals surface area contributed by atoms with Crippen molar-refractivity contribution in [2.75, 3.05) is 13.1 Å². The quantitative estimate of drug-likeness (QED) is 0.787. The molecule has 2 aromatic heterocycles. The number of hydrogen-bond acceptors (Lipinski definition) is 2. The van der Waals surface area contributed by atoms with Crippen LogP contribution in [0.1, 0.15) is 41.7 Å². The van der Waals surface area contributed by atoms with E-state index >= 15 is 0 Å². The van der Waals surface area contributed by atoms with Crippen LogP contribution in [0.4, 0.5) is 0 Å². The summed E-state index contributed by atoms with van der Waals surface area (Å²) in [6.45, 7) is 3.73. The molecule has 0 spiro atoms. The minimum absolute atomic E-state index is 0.144. The van der Waals surface area contributed by atoms with Gasteiger partial charge in [-0.15, -0.1) is 0 Å². The Labute approximate surface area is 113 Å². The van der Waals surface area contributed by atoms with Crippen LogP contribution in [-0.2, 0) is 0 Å². The zero-order valence-electron chi connectivity index (χ0n) is 11.3. The summed E-state index contributed by atoms with van der Waals surface area (Å²) in [7, 11) is 0. The molecule has 4 heteroatoms. The van der Waals surface area contributed by atoms with Gasteiger partial charge in [0.25, 0.3) is 5.91 Å². The van der Waals surface area contributed by atoms with E-state index in [0.717, 1.165) is 42.8 Å². The average Bonchev–Trinajstić information content (AvgIpc) is 2.63. The van der Waals surface area contributed by atoms with Gasteiger partial charge >= 0.3 is 0 Å². The van der Waals surface area contributed by atoms with Crippen molar-refractivity contribution in [1.82, 2.24) is 14.3 Å². The van der Waals surface area contributed by atoms with Crippen LogP contribution in [0.5, 0.6) is 0 Å². The molecule has 19 heavy (non-hydrogen) atoms. The highest BCUT2D eigenvalue weighted by Crippen LogP contribution is 2.15. The third-order valence-electron chi connectivity index (χ3n) is 3.72. The standard InChI is InChI=1S/C15H19N3O/c1-12-11-18-9-6-13(10-14(18)16-12)15(19)17-7-4-2-3-5-8-17/h6,9-11H,2-5,7-8H2,1H3. The highest BCUT2D eigenvalue weighted by atomic mass is 16.2. The first-order valence-corrected chi connectivity index (χ1v) is 6.99. The van der Waals surface area contributed by atoms with Crippen molar-refractivity contribution in [3.8, 4) is 0 Å². The van der Waals surface area contributed by atoms with Crippen LogP contribution >= 0.6 is 0 Å². The summed E-state index contributed by atoms with van der Waals surface area (Å²) in [5.74, 6) is 0.144. The summed E-state index contributed by atoms with van der Waals surface area (Å²) in [6, 6.07) is 3.78. The average molecular weight is 257 g/mol. The molecule has 0 saturated carbocycles. The Hall–Kier alpha value is -1.84. The lowest BCUT2D eigenvalue weighted by molar-refractivity contribution is 0.0761. The number of fused-ring (bicyclic) bond motifs is 1. The number of amides is 1. The van der Waals surface area contributed by atoms with Crippen molar-refractivity contribution in [3.05, 3.63) is 35.8 Å². The molecule has 1 amide bonds. The van der Waals surface area contributed by atoms with Gasteiger partial charge in [-0.1, -0.05) is 12.8 Å². The normalized spacial score (nSPS) is 16.6. The molecule has 3 rings (SSSR count). The number of carbonyl (C=O) groups excluding carboxylic acids is 1. The number of rotatable bonds is 1. The minimum Gasteiger partial charge on any atom is -0.339 e. The number of carbonyl (C=O) groups is 1. The Morgan fingerprint density at radius 3 is 2.68 bits per heavy atom. The first-order chi connectivity index (χ1) is 9.24. The first-order valence-electron chi connectivity index (χ1n) is 6.99. The molecule has 0 aliphatic carbocycles. The number of aromatic nitrogens is 2. The lowest BCUT2D eigenvalue weighted by Gasteiger charge is -2.20. The molecule has 2 aromatic rings. The lowest BCUT2D eigenvalue weighted by Crippen LogP contribution is -2.31. The van der Waals surface area contributed by atoms with Gasteiger partial charge in [-0.05, 0) is 31.9 Å². The summed E-state index contributed by atoms with van der Waals surface area (Å²) in [6.07, 6.45) is 8.60. The number of nitrogens with zero attached hydrogens (tertiary/aromatic N) is 3. The summed E-state index contributed by atoms with van der Waals surface area (Å²) in [4.78, 5) is 18.9. The fourth-order valence-corrected chi connectivity index (χ4v) is 2.70. The van der Waals surface area contributed by atoms with Crippen molar-refractivity contribution in [2.45, 2.75) is 32.6 Å². The van der Waals surface area contributed by atoms with Crippen molar-refractivity contribution >= 4 is 11.6 Å². The van der Waals surface area contributed by atoms with Crippen molar-refractivity contribution in [3.63, 3.8) is 0 Å². The topological polar surface area (TPSA) is 37.6 Å². The van der Waals surface area contributed by atoms with Gasteiger partial charge < -0.3 is 9.30 Å². The molecule has 1 fully saturated rings. The Kier molecular flexibility index (Phi) is 3.23. The molecule has 0 atom stereocenters. The smallest absolute Gasteiger partial charge is 0.254 e. The zero-order chi connectivity index (χ0) is 13.2. The largest absolute Gasteiger partial charge is 0.339 e. The SMILES string of the molecule is Cc1cn2ccc(C(=O)N3CCCCCC3)cc2n1. The number of aryl methyl sites for hydroxylation is 1. The van der Waals surface area contributed by atoms with Crippen LogP contribution in [0.3, 0.4) is 0 Å². The molecule has 100 valence electrons. The number of imidazole rings is 1. The van der Waals surface area contributed by atoms with Gasteiger partial charge in [-0.2, -0.15) is 0 Å². The molecule has 0 unspecified atom stereocenters. The van der Waals surface area contributed by atoms with Crippen molar-refractivity contribution < 1.29 is 4.79 Å². The highest BCUT2D eigenvalue weighted by molar-refractivity contribution is 5.95. The zero-order valence-corrected chi connectivity index (χ0v) is 11.3. The second-order valence-corrected chi connectivity index (χ2v) is 5.27. The molecule has 0 aromatic carbocycles. The second kappa shape index (κ2) is 5.03. The maximum absolute atomic E-state index is 12.5. The molecule has 0 radical (unpaired) electrons. The monoisotopic (exact) mass is 257 g/mol. The first kappa shape index (κ1) is 12.2. The number of hydrogen-bond donors (Lipinski definition) is 0. The van der Waals surface area contributed by atoms with Gasteiger partial charge in [0.15, 0.2) is 0 Å². The Morgan fingerprint density at radius 1 is 1.21 bits per heavy atom. The Bertz CT molecular complexity index is 594. The van der Waals surface area contributed by atoms with E-state index < -0.39 is 0 Å². The van der Waals surface area contributed by atoms with Gasteiger partial charge in [0.2, 0.25) is 0 Å². The molecule has 0 N–H and O–H groups in total. The van der Waals surface area contributed by atoms with Crippen LogP contribution < -0.4 is 0 Å². The van der Waals surface area contributed by atoms with Crippen LogP contribution in [0.25, 0.3) is 5.65 Å². The third kappa shape index (κ3) is 2.48. The third-order valence-corrected chi connectivity index (χ3v) is 3.72. The molecule has 0 bridgehead atoms. The lowest BCUT2D eigenvalue weighted by atomic mass is 10.2. The summed E-state index contributed by atoms with van der Waals surface area (Å²) in [5.41, 5.74) is 2.57. The van der Waals surface area contributed by atoms with Gasteiger partial charge in [0.05, 0.1) is 5.69 Å². The Morgan fingerprint density at radius 2 is 1.95 bits per heavy atom. The van der Waals surface area contributed by atoms with E-state index in [2.05, 4.69) is 4.98 Å². The minimum atomic E-state index is 0.144. The van der Waals surface area contributed by atoms with Crippen LogP contribution in [0, 0.1) is 6.92 Å². The van der Waals surface area contributed by atoms with Gasteiger partial charge in [-0.3, -0.25) is 4.79 Å². The van der Waals surface area contributed by atoms with E-state index in [-0.39, 0.29) is 5.91 Å². The molecular weight excluding hydrogens is 238 g/mol. The maximum atomic E-state index is 12.5. The van der Waals surface area contributed by atoms with Crippen LogP contribution in [0.2, 0.25) is 0 Å². The predicted octanol–water partition coefficient (Wildman–Crippen LogP) is 2.66. The molecular formula is C15H19N3O. The van der Waals surface area contributed by atoms with E-state index in [1.807, 2.05) is 40.8 Å². The van der Waals surface area contributed by atoms with E-state index in [0.29, 0.717) is 0 Å². The van der Waals surface area contributed by atoms with E-state index in [9.17, 15) is 4.79 Å². The molecule has 1 aliphatic rings. The summed E-state index contributed by atoms with van der Waals surface area (Å²) >= 11 is 0. The molecule has 1 aliphatic heterocycles. The van der Waals surface area contributed by atoms with Crippen LogP contribution in [-0.4, -0.2) is 33.3 Å². The predicted molar refractivity (Wildman–Crippen MR) is 74.3 cm³/mol. The molecule has 3 heterocycles. The van der Waals surface area contributed by atoms with Crippen LogP contribution in [0.15, 0.2) is 24.5 Å². The van der Waals surface area contributed by atoms with Crippen molar-refractivity contribution in [2.24, 2.45) is 0 Å². The summed E-state index contributed by atoms with van der Waals surface area (Å²) in [5, 5.41) is 0. The molecule has 4 nitrogen and oxygen atoms in total. The van der Waals surface area contributed by atoms with Crippen molar-refractivity contribution in [1.29, 1.82) is 0 Å². The highest BCUT2D eigenvalue weighted by Gasteiger charge is 2.17. The van der Waals surface area contributed by atoms with E-state index in [1.165, 1.54) is 12.8 Å². The van der Waals surface area contributed by atoms with Gasteiger partial charge in [-0.25, -0.2) is 4.98 Å². The number of likely N-dealkylation sites (tertiary alicyclic amines) is 1. The van der Waals surface area contributed by atoms with E-state index in [1.54, 1.807) is 0 Å². The van der Waals surface area contributed by atoms with E-state index in [4.69, 9.17) is 0 Å².